The van der Waals surface area contributed by atoms with Crippen molar-refractivity contribution in [2.45, 2.75) is 0 Å². The molecule has 5 nitrogen and oxygen atoms in total. The summed E-state index contributed by atoms with van der Waals surface area (Å²) in [6.07, 6.45) is 1.49. The molecule has 2 heterocycles. The number of halogens is 1. The van der Waals surface area contributed by atoms with Gasteiger partial charge in [0.05, 0.1) is 12.8 Å². The molecule has 1 N–H and O–H groups in total. The molecular formula is C16H12ClN3O2S. The number of pyridine rings is 1. The van der Waals surface area contributed by atoms with E-state index in [1.54, 1.807) is 13.2 Å². The van der Waals surface area contributed by atoms with Crippen LogP contribution in [0, 0.1) is 0 Å². The number of hydrogen-bond acceptors (Lipinski definition) is 5. The van der Waals surface area contributed by atoms with Gasteiger partial charge in [0.2, 0.25) is 0 Å². The molecule has 3 rings (SSSR count). The second-order valence-corrected chi connectivity index (χ2v) is 5.80. The highest BCUT2D eigenvalue weighted by Crippen LogP contribution is 2.31. The Kier molecular flexibility index (Phi) is 4.55. The number of methoxy groups -OCH3 is 1. The van der Waals surface area contributed by atoms with E-state index in [0.717, 1.165) is 17.0 Å². The lowest BCUT2D eigenvalue weighted by Crippen LogP contribution is -2.11. The standard InChI is InChI=1S/C16H12ClN3O2S/c1-22-13-5-3-2-4-11(13)12-9-23-16(19-12)20-15(21)10-6-7-18-14(17)8-10/h2-9H,1H3,(H,19,20,21). The number of aromatic nitrogens is 2. The maximum Gasteiger partial charge on any atom is 0.257 e. The largest absolute Gasteiger partial charge is 0.496 e. The molecule has 0 spiro atoms. The quantitative estimate of drug-likeness (QED) is 0.722. The topological polar surface area (TPSA) is 64.1 Å². The summed E-state index contributed by atoms with van der Waals surface area (Å²) < 4.78 is 5.33. The third kappa shape index (κ3) is 3.49. The number of nitrogens with zero attached hydrogens (tertiary/aromatic N) is 2. The number of anilines is 1. The lowest BCUT2D eigenvalue weighted by atomic mass is 10.1. The first-order valence-corrected chi connectivity index (χ1v) is 7.95. The van der Waals surface area contributed by atoms with Crippen molar-refractivity contribution in [2.24, 2.45) is 0 Å². The summed E-state index contributed by atoms with van der Waals surface area (Å²) >= 11 is 7.13. The minimum Gasteiger partial charge on any atom is -0.496 e. The van der Waals surface area contributed by atoms with Crippen LogP contribution in [0.2, 0.25) is 5.15 Å². The van der Waals surface area contributed by atoms with Crippen LogP contribution in [0.25, 0.3) is 11.3 Å². The van der Waals surface area contributed by atoms with E-state index < -0.39 is 0 Å². The molecule has 1 amide bonds. The fourth-order valence-electron chi connectivity index (χ4n) is 2.02. The lowest BCUT2D eigenvalue weighted by Gasteiger charge is -2.05. The SMILES string of the molecule is COc1ccccc1-c1csc(NC(=O)c2ccnc(Cl)c2)n1. The smallest absolute Gasteiger partial charge is 0.257 e. The van der Waals surface area contributed by atoms with Crippen molar-refractivity contribution in [1.82, 2.24) is 9.97 Å². The molecule has 0 aliphatic carbocycles. The molecule has 0 bridgehead atoms. The monoisotopic (exact) mass is 345 g/mol. The molecule has 0 aliphatic rings. The highest BCUT2D eigenvalue weighted by molar-refractivity contribution is 7.14. The summed E-state index contributed by atoms with van der Waals surface area (Å²) in [5.41, 5.74) is 2.05. The molecule has 0 unspecified atom stereocenters. The third-order valence-electron chi connectivity index (χ3n) is 3.10. The number of carbonyl (C=O) groups excluding carboxylic acids is 1. The van der Waals surface area contributed by atoms with Crippen LogP contribution in [-0.4, -0.2) is 23.0 Å². The van der Waals surface area contributed by atoms with Crippen molar-refractivity contribution >= 4 is 34.0 Å². The Bertz CT molecular complexity index is 851. The van der Waals surface area contributed by atoms with Crippen molar-refractivity contribution in [3.05, 3.63) is 58.7 Å². The molecular weight excluding hydrogens is 334 g/mol. The maximum absolute atomic E-state index is 12.2. The summed E-state index contributed by atoms with van der Waals surface area (Å²) in [5.74, 6) is 0.451. The van der Waals surface area contributed by atoms with Gasteiger partial charge >= 0.3 is 0 Å². The summed E-state index contributed by atoms with van der Waals surface area (Å²) in [6.45, 7) is 0. The molecule has 0 saturated heterocycles. The first kappa shape index (κ1) is 15.5. The first-order chi connectivity index (χ1) is 11.2. The zero-order valence-corrected chi connectivity index (χ0v) is 13.7. The second-order valence-electron chi connectivity index (χ2n) is 4.56. The minimum absolute atomic E-state index is 0.270. The van der Waals surface area contributed by atoms with Crippen LogP contribution in [-0.2, 0) is 0 Å². The van der Waals surface area contributed by atoms with Gasteiger partial charge in [-0.25, -0.2) is 9.97 Å². The zero-order valence-electron chi connectivity index (χ0n) is 12.1. The molecule has 0 radical (unpaired) electrons. The van der Waals surface area contributed by atoms with Crippen molar-refractivity contribution in [3.63, 3.8) is 0 Å². The summed E-state index contributed by atoms with van der Waals surface area (Å²) in [6, 6.07) is 10.7. The number of para-hydroxylation sites is 1. The molecule has 1 aromatic carbocycles. The molecule has 7 heteroatoms. The van der Waals surface area contributed by atoms with Gasteiger partial charge in [-0.3, -0.25) is 10.1 Å². The van der Waals surface area contributed by atoms with E-state index >= 15 is 0 Å². The van der Waals surface area contributed by atoms with Crippen LogP contribution in [0.4, 0.5) is 5.13 Å². The van der Waals surface area contributed by atoms with Crippen LogP contribution >= 0.6 is 22.9 Å². The zero-order chi connectivity index (χ0) is 16.2. The molecule has 23 heavy (non-hydrogen) atoms. The highest BCUT2D eigenvalue weighted by Gasteiger charge is 2.12. The van der Waals surface area contributed by atoms with Crippen molar-refractivity contribution in [1.29, 1.82) is 0 Å². The predicted octanol–water partition coefficient (Wildman–Crippen LogP) is 4.12. The molecule has 0 saturated carbocycles. The number of amides is 1. The van der Waals surface area contributed by atoms with Crippen molar-refractivity contribution < 1.29 is 9.53 Å². The summed E-state index contributed by atoms with van der Waals surface area (Å²) in [5, 5.41) is 5.40. The number of carbonyl (C=O) groups is 1. The second kappa shape index (κ2) is 6.76. The average molecular weight is 346 g/mol. The van der Waals surface area contributed by atoms with Crippen LogP contribution in [0.5, 0.6) is 5.75 Å². The normalized spacial score (nSPS) is 10.3. The number of ether oxygens (including phenoxy) is 1. The molecule has 3 aromatic rings. The molecule has 0 atom stereocenters. The van der Waals surface area contributed by atoms with Crippen molar-refractivity contribution in [2.75, 3.05) is 12.4 Å². The van der Waals surface area contributed by atoms with E-state index in [9.17, 15) is 4.79 Å². The number of thiazole rings is 1. The number of nitrogens with one attached hydrogen (secondary N) is 1. The van der Waals surface area contributed by atoms with Gasteiger partial charge in [0.1, 0.15) is 10.9 Å². The van der Waals surface area contributed by atoms with E-state index in [0.29, 0.717) is 10.7 Å². The Hall–Kier alpha value is -2.44. The third-order valence-corrected chi connectivity index (χ3v) is 4.06. The Morgan fingerprint density at radius 3 is 2.91 bits per heavy atom. The first-order valence-electron chi connectivity index (χ1n) is 6.69. The van der Waals surface area contributed by atoms with Gasteiger partial charge in [0.25, 0.3) is 5.91 Å². The fourth-order valence-corrected chi connectivity index (χ4v) is 2.90. The molecule has 2 aromatic heterocycles. The van der Waals surface area contributed by atoms with Crippen molar-refractivity contribution in [3.8, 4) is 17.0 Å². The number of benzene rings is 1. The van der Waals surface area contributed by atoms with Gasteiger partial charge in [-0.05, 0) is 24.3 Å². The van der Waals surface area contributed by atoms with E-state index in [2.05, 4.69) is 15.3 Å². The predicted molar refractivity (Wildman–Crippen MR) is 91.3 cm³/mol. The van der Waals surface area contributed by atoms with Gasteiger partial charge in [-0.15, -0.1) is 11.3 Å². The van der Waals surface area contributed by atoms with Gasteiger partial charge in [0.15, 0.2) is 5.13 Å². The van der Waals surface area contributed by atoms with Gasteiger partial charge in [-0.2, -0.15) is 0 Å². The maximum atomic E-state index is 12.2. The number of hydrogen-bond donors (Lipinski definition) is 1. The van der Waals surface area contributed by atoms with Crippen LogP contribution in [0.1, 0.15) is 10.4 Å². The van der Waals surface area contributed by atoms with Crippen LogP contribution in [0.15, 0.2) is 48.0 Å². The van der Waals surface area contributed by atoms with Gasteiger partial charge in [-0.1, -0.05) is 23.7 Å². The summed E-state index contributed by atoms with van der Waals surface area (Å²) in [4.78, 5) is 20.5. The Labute approximate surface area is 141 Å². The molecule has 0 aliphatic heterocycles. The Morgan fingerprint density at radius 1 is 1.30 bits per heavy atom. The van der Waals surface area contributed by atoms with E-state index in [1.807, 2.05) is 29.6 Å². The minimum atomic E-state index is -0.282. The number of rotatable bonds is 4. The van der Waals surface area contributed by atoms with E-state index in [4.69, 9.17) is 16.3 Å². The highest BCUT2D eigenvalue weighted by atomic mass is 35.5. The molecule has 116 valence electrons. The Morgan fingerprint density at radius 2 is 2.13 bits per heavy atom. The average Bonchev–Trinajstić information content (AvgIpc) is 3.03. The molecule has 0 fully saturated rings. The fraction of sp³-hybridized carbons (Fsp3) is 0.0625. The van der Waals surface area contributed by atoms with E-state index in [1.165, 1.54) is 23.6 Å². The van der Waals surface area contributed by atoms with Gasteiger partial charge < -0.3 is 4.74 Å². The van der Waals surface area contributed by atoms with Crippen LogP contribution in [0.3, 0.4) is 0 Å². The summed E-state index contributed by atoms with van der Waals surface area (Å²) in [7, 11) is 1.61. The van der Waals surface area contributed by atoms with Gasteiger partial charge in [0, 0.05) is 22.7 Å². The van der Waals surface area contributed by atoms with Crippen LogP contribution < -0.4 is 10.1 Å². The Balaban J connectivity index is 1.81. The van der Waals surface area contributed by atoms with E-state index in [-0.39, 0.29) is 11.1 Å². The lowest BCUT2D eigenvalue weighted by molar-refractivity contribution is 0.102.